The number of nitrogens with two attached hydrogens (primary N) is 1. The first-order chi connectivity index (χ1) is 8.42. The van der Waals surface area contributed by atoms with Crippen molar-refractivity contribution in [2.75, 3.05) is 10.5 Å². The van der Waals surface area contributed by atoms with E-state index in [1.165, 1.54) is 13.1 Å². The van der Waals surface area contributed by atoms with Gasteiger partial charge in [0.25, 0.3) is 10.0 Å². The van der Waals surface area contributed by atoms with Crippen LogP contribution in [0.15, 0.2) is 27.7 Å². The molecule has 0 aromatic carbocycles. The Kier molecular flexibility index (Phi) is 2.95. The molecule has 2 heterocycles. The number of aromatic nitrogens is 2. The molecule has 0 spiro atoms. The van der Waals surface area contributed by atoms with Crippen molar-refractivity contribution in [1.29, 1.82) is 0 Å². The van der Waals surface area contributed by atoms with E-state index in [9.17, 15) is 8.42 Å². The van der Waals surface area contributed by atoms with E-state index in [2.05, 4.69) is 14.9 Å². The molecular formula is C10H12N4O3S. The number of pyridine rings is 1. The number of sulfonamides is 1. The van der Waals surface area contributed by atoms with Gasteiger partial charge in [0.15, 0.2) is 16.5 Å². The molecule has 0 aliphatic carbocycles. The van der Waals surface area contributed by atoms with Crippen LogP contribution >= 0.6 is 0 Å². The third-order valence-electron chi connectivity index (χ3n) is 2.31. The van der Waals surface area contributed by atoms with Crippen LogP contribution in [0.4, 0.5) is 11.5 Å². The highest BCUT2D eigenvalue weighted by Crippen LogP contribution is 2.23. The minimum absolute atomic E-state index is 0.00699. The summed E-state index contributed by atoms with van der Waals surface area (Å²) in [5.74, 6) is 0.298. The molecule has 0 unspecified atom stereocenters. The van der Waals surface area contributed by atoms with Crippen molar-refractivity contribution in [3.63, 3.8) is 0 Å². The van der Waals surface area contributed by atoms with Gasteiger partial charge in [0, 0.05) is 6.20 Å². The largest absolute Gasteiger partial charge is 0.396 e. The van der Waals surface area contributed by atoms with Gasteiger partial charge in [0.1, 0.15) is 5.69 Å². The Morgan fingerprint density at radius 2 is 2.11 bits per heavy atom. The molecule has 7 nitrogen and oxygen atoms in total. The van der Waals surface area contributed by atoms with Gasteiger partial charge < -0.3 is 10.3 Å². The van der Waals surface area contributed by atoms with E-state index in [-0.39, 0.29) is 27.9 Å². The van der Waals surface area contributed by atoms with Crippen LogP contribution in [0, 0.1) is 13.8 Å². The van der Waals surface area contributed by atoms with Crippen molar-refractivity contribution in [1.82, 2.24) is 10.1 Å². The van der Waals surface area contributed by atoms with Gasteiger partial charge in [-0.15, -0.1) is 0 Å². The Bertz CT molecular complexity index is 659. The quantitative estimate of drug-likeness (QED) is 0.861. The summed E-state index contributed by atoms with van der Waals surface area (Å²) in [7, 11) is -3.80. The number of nitrogen functional groups attached to an aromatic ring is 1. The number of hydrogen-bond acceptors (Lipinski definition) is 6. The van der Waals surface area contributed by atoms with Crippen LogP contribution in [0.3, 0.4) is 0 Å². The van der Waals surface area contributed by atoms with Gasteiger partial charge in [-0.05, 0) is 26.0 Å². The number of nitrogens with one attached hydrogen (secondary N) is 1. The minimum Gasteiger partial charge on any atom is -0.396 e. The van der Waals surface area contributed by atoms with Gasteiger partial charge in [0.2, 0.25) is 0 Å². The maximum absolute atomic E-state index is 12.1. The second-order valence-corrected chi connectivity index (χ2v) is 5.32. The van der Waals surface area contributed by atoms with Crippen molar-refractivity contribution >= 4 is 21.5 Å². The molecule has 0 amide bonds. The molecule has 0 radical (unpaired) electrons. The molecule has 2 rings (SSSR count). The fraction of sp³-hybridized carbons (Fsp3) is 0.200. The van der Waals surface area contributed by atoms with E-state index in [0.29, 0.717) is 0 Å². The van der Waals surface area contributed by atoms with Crippen LogP contribution < -0.4 is 10.5 Å². The van der Waals surface area contributed by atoms with Crippen LogP contribution in [0.25, 0.3) is 0 Å². The monoisotopic (exact) mass is 268 g/mol. The zero-order valence-electron chi connectivity index (χ0n) is 9.84. The Morgan fingerprint density at radius 1 is 1.39 bits per heavy atom. The first kappa shape index (κ1) is 12.4. The summed E-state index contributed by atoms with van der Waals surface area (Å²) in [6.07, 6.45) is 1.45. The molecule has 0 aliphatic rings. The molecule has 2 aromatic rings. The molecule has 2 aromatic heterocycles. The van der Waals surface area contributed by atoms with Crippen molar-refractivity contribution in [2.24, 2.45) is 0 Å². The summed E-state index contributed by atoms with van der Waals surface area (Å²) in [5.41, 5.74) is 6.16. The van der Waals surface area contributed by atoms with E-state index in [4.69, 9.17) is 10.3 Å². The molecule has 96 valence electrons. The molecule has 18 heavy (non-hydrogen) atoms. The predicted molar refractivity (Wildman–Crippen MR) is 65.4 cm³/mol. The summed E-state index contributed by atoms with van der Waals surface area (Å²) < 4.78 is 31.4. The number of aryl methyl sites for hydroxylation is 2. The Labute approximate surface area is 104 Å². The standard InChI is InChI=1S/C10H12N4O3S/c1-6-9(7(2)17-13-6)18(15,16)14-10-8(11)4-3-5-12-10/h3-5H,11H2,1-2H3,(H,12,14). The van der Waals surface area contributed by atoms with Crippen LogP contribution in [0.1, 0.15) is 11.5 Å². The normalized spacial score (nSPS) is 11.4. The van der Waals surface area contributed by atoms with Gasteiger partial charge in [-0.1, -0.05) is 5.16 Å². The Hall–Kier alpha value is -2.09. The van der Waals surface area contributed by atoms with Crippen molar-refractivity contribution in [3.8, 4) is 0 Å². The fourth-order valence-corrected chi connectivity index (χ4v) is 2.91. The molecule has 0 aliphatic heterocycles. The molecule has 0 atom stereocenters. The van der Waals surface area contributed by atoms with Crippen molar-refractivity contribution in [3.05, 3.63) is 29.8 Å². The van der Waals surface area contributed by atoms with Crippen LogP contribution in [-0.2, 0) is 10.0 Å². The second-order valence-electron chi connectivity index (χ2n) is 3.70. The van der Waals surface area contributed by atoms with Gasteiger partial charge in [-0.2, -0.15) is 0 Å². The van der Waals surface area contributed by atoms with Gasteiger partial charge in [-0.3, -0.25) is 4.72 Å². The highest BCUT2D eigenvalue weighted by molar-refractivity contribution is 7.92. The lowest BCUT2D eigenvalue weighted by Gasteiger charge is -2.08. The lowest BCUT2D eigenvalue weighted by atomic mass is 10.4. The zero-order chi connectivity index (χ0) is 13.3. The minimum atomic E-state index is -3.80. The molecule has 8 heteroatoms. The molecule has 3 N–H and O–H groups in total. The lowest BCUT2D eigenvalue weighted by molar-refractivity contribution is 0.390. The predicted octanol–water partition coefficient (Wildman–Crippen LogP) is 1.07. The number of rotatable bonds is 3. The number of anilines is 2. The third kappa shape index (κ3) is 2.14. The maximum Gasteiger partial charge on any atom is 0.268 e. The number of nitrogens with zero attached hydrogens (tertiary/aromatic N) is 2. The highest BCUT2D eigenvalue weighted by atomic mass is 32.2. The topological polar surface area (TPSA) is 111 Å². The smallest absolute Gasteiger partial charge is 0.268 e. The zero-order valence-corrected chi connectivity index (χ0v) is 10.7. The van der Waals surface area contributed by atoms with E-state index >= 15 is 0 Å². The molecule has 0 fully saturated rings. The summed E-state index contributed by atoms with van der Waals surface area (Å²) in [6.45, 7) is 3.07. The average Bonchev–Trinajstić information content (AvgIpc) is 2.62. The van der Waals surface area contributed by atoms with E-state index in [1.54, 1.807) is 19.1 Å². The van der Waals surface area contributed by atoms with Gasteiger partial charge in [0.05, 0.1) is 5.69 Å². The lowest BCUT2D eigenvalue weighted by Crippen LogP contribution is -2.16. The van der Waals surface area contributed by atoms with Crippen LogP contribution in [0.5, 0.6) is 0 Å². The first-order valence-electron chi connectivity index (χ1n) is 5.08. The Morgan fingerprint density at radius 3 is 2.67 bits per heavy atom. The first-order valence-corrected chi connectivity index (χ1v) is 6.56. The molecule has 0 saturated heterocycles. The highest BCUT2D eigenvalue weighted by Gasteiger charge is 2.25. The maximum atomic E-state index is 12.1. The summed E-state index contributed by atoms with van der Waals surface area (Å²) in [6, 6.07) is 3.17. The van der Waals surface area contributed by atoms with Gasteiger partial charge in [-0.25, -0.2) is 13.4 Å². The van der Waals surface area contributed by atoms with E-state index < -0.39 is 10.0 Å². The van der Waals surface area contributed by atoms with Crippen molar-refractivity contribution < 1.29 is 12.9 Å². The molecule has 0 bridgehead atoms. The van der Waals surface area contributed by atoms with E-state index in [1.807, 2.05) is 0 Å². The fourth-order valence-electron chi connectivity index (χ4n) is 1.54. The average molecular weight is 268 g/mol. The summed E-state index contributed by atoms with van der Waals surface area (Å²) >= 11 is 0. The summed E-state index contributed by atoms with van der Waals surface area (Å²) in [4.78, 5) is 3.87. The number of hydrogen-bond donors (Lipinski definition) is 2. The van der Waals surface area contributed by atoms with Crippen LogP contribution in [0.2, 0.25) is 0 Å². The Balaban J connectivity index is 2.43. The van der Waals surface area contributed by atoms with Crippen LogP contribution in [-0.4, -0.2) is 18.6 Å². The summed E-state index contributed by atoms with van der Waals surface area (Å²) in [5, 5.41) is 3.60. The third-order valence-corrected chi connectivity index (χ3v) is 3.89. The molecular weight excluding hydrogens is 256 g/mol. The van der Waals surface area contributed by atoms with Gasteiger partial charge >= 0.3 is 0 Å². The second kappa shape index (κ2) is 4.30. The molecule has 0 saturated carbocycles. The van der Waals surface area contributed by atoms with E-state index in [0.717, 1.165) is 0 Å². The van der Waals surface area contributed by atoms with Crippen molar-refractivity contribution in [2.45, 2.75) is 18.7 Å². The SMILES string of the molecule is Cc1noc(C)c1S(=O)(=O)Nc1ncccc1N.